The number of benzene rings is 2. The van der Waals surface area contributed by atoms with Crippen LogP contribution in [0, 0.1) is 5.82 Å². The van der Waals surface area contributed by atoms with Gasteiger partial charge < -0.3 is 14.8 Å². The van der Waals surface area contributed by atoms with Crippen molar-refractivity contribution in [3.05, 3.63) is 52.8 Å². The molecule has 0 aromatic heterocycles. The minimum absolute atomic E-state index is 0.0366. The molecule has 0 saturated carbocycles. The summed E-state index contributed by atoms with van der Waals surface area (Å²) in [6.07, 6.45) is 0.647. The topological polar surface area (TPSA) is 30.5 Å². The molecular formula is C16H15ClFNO2. The molecule has 1 heterocycles. The van der Waals surface area contributed by atoms with Crippen molar-refractivity contribution in [3.8, 4) is 11.5 Å². The highest BCUT2D eigenvalue weighted by Gasteiger charge is 2.23. The van der Waals surface area contributed by atoms with Crippen LogP contribution >= 0.6 is 11.6 Å². The van der Waals surface area contributed by atoms with Crippen molar-refractivity contribution < 1.29 is 13.9 Å². The van der Waals surface area contributed by atoms with Gasteiger partial charge in [0.1, 0.15) is 23.4 Å². The van der Waals surface area contributed by atoms with E-state index in [4.69, 9.17) is 21.1 Å². The third-order valence-electron chi connectivity index (χ3n) is 3.45. The number of hydrogen-bond acceptors (Lipinski definition) is 3. The molecule has 0 aliphatic carbocycles. The summed E-state index contributed by atoms with van der Waals surface area (Å²) in [6.45, 7) is 0.590. The van der Waals surface area contributed by atoms with Crippen molar-refractivity contribution in [2.75, 3.05) is 19.0 Å². The van der Waals surface area contributed by atoms with Crippen molar-refractivity contribution in [1.29, 1.82) is 0 Å². The van der Waals surface area contributed by atoms with Crippen LogP contribution in [0.15, 0.2) is 36.4 Å². The summed E-state index contributed by atoms with van der Waals surface area (Å²) in [4.78, 5) is 0. The van der Waals surface area contributed by atoms with E-state index >= 15 is 0 Å². The first-order chi connectivity index (χ1) is 10.2. The third kappa shape index (κ3) is 3.05. The van der Waals surface area contributed by atoms with Crippen molar-refractivity contribution >= 4 is 17.3 Å². The summed E-state index contributed by atoms with van der Waals surface area (Å²) in [6, 6.07) is 10.00. The summed E-state index contributed by atoms with van der Waals surface area (Å²) >= 11 is 5.99. The fraction of sp³-hybridized carbons (Fsp3) is 0.250. The lowest BCUT2D eigenvalue weighted by Gasteiger charge is -2.15. The average molecular weight is 308 g/mol. The molecule has 0 bridgehead atoms. The maximum atomic E-state index is 13.2. The van der Waals surface area contributed by atoms with Crippen LogP contribution in [0.2, 0.25) is 5.02 Å². The van der Waals surface area contributed by atoms with E-state index in [1.165, 1.54) is 12.1 Å². The second-order valence-corrected chi connectivity index (χ2v) is 5.36. The van der Waals surface area contributed by atoms with Gasteiger partial charge in [-0.1, -0.05) is 11.6 Å². The normalized spacial score (nSPS) is 16.2. The first-order valence-corrected chi connectivity index (χ1v) is 7.06. The van der Waals surface area contributed by atoms with Gasteiger partial charge in [0, 0.05) is 17.0 Å². The highest BCUT2D eigenvalue weighted by molar-refractivity contribution is 6.30. The van der Waals surface area contributed by atoms with E-state index in [0.717, 1.165) is 22.7 Å². The van der Waals surface area contributed by atoms with Crippen molar-refractivity contribution in [2.24, 2.45) is 0 Å². The second-order valence-electron chi connectivity index (χ2n) is 4.92. The lowest BCUT2D eigenvalue weighted by atomic mass is 10.1. The third-order valence-corrected chi connectivity index (χ3v) is 3.68. The predicted octanol–water partition coefficient (Wildman–Crippen LogP) is 3.90. The van der Waals surface area contributed by atoms with Crippen LogP contribution < -0.4 is 14.8 Å². The number of anilines is 1. The maximum absolute atomic E-state index is 13.2. The minimum atomic E-state index is -0.234. The Kier molecular flexibility index (Phi) is 3.88. The van der Waals surface area contributed by atoms with E-state index in [1.54, 1.807) is 19.2 Å². The number of rotatable bonds is 4. The lowest BCUT2D eigenvalue weighted by Crippen LogP contribution is -2.24. The van der Waals surface area contributed by atoms with Crippen molar-refractivity contribution in [2.45, 2.75) is 12.5 Å². The number of methoxy groups -OCH3 is 1. The largest absolute Gasteiger partial charge is 0.495 e. The van der Waals surface area contributed by atoms with Gasteiger partial charge in [0.05, 0.1) is 19.3 Å². The summed E-state index contributed by atoms with van der Waals surface area (Å²) in [5.74, 6) is 1.24. The Balaban J connectivity index is 1.66. The van der Waals surface area contributed by atoms with Gasteiger partial charge in [-0.3, -0.25) is 0 Å². The Labute approximate surface area is 127 Å². The predicted molar refractivity (Wildman–Crippen MR) is 81.0 cm³/mol. The molecule has 5 heteroatoms. The number of hydrogen-bond donors (Lipinski definition) is 1. The molecule has 1 unspecified atom stereocenters. The van der Waals surface area contributed by atoms with Gasteiger partial charge in [-0.25, -0.2) is 4.39 Å². The molecule has 1 aliphatic heterocycles. The van der Waals surface area contributed by atoms with E-state index in [-0.39, 0.29) is 11.9 Å². The minimum Gasteiger partial charge on any atom is -0.495 e. The van der Waals surface area contributed by atoms with Crippen LogP contribution in [0.5, 0.6) is 11.5 Å². The molecule has 1 atom stereocenters. The first kappa shape index (κ1) is 14.0. The van der Waals surface area contributed by atoms with Gasteiger partial charge in [-0.2, -0.15) is 0 Å². The Morgan fingerprint density at radius 1 is 1.33 bits per heavy atom. The molecule has 1 aliphatic rings. The van der Waals surface area contributed by atoms with E-state index in [1.807, 2.05) is 12.1 Å². The summed E-state index contributed by atoms with van der Waals surface area (Å²) in [5.41, 5.74) is 1.72. The standard InChI is InChI=1S/C16H15ClFNO2/c1-20-16-4-2-11(17)8-14(16)19-9-13-7-10-6-12(18)3-5-15(10)21-13/h2-6,8,13,19H,7,9H2,1H3. The van der Waals surface area contributed by atoms with Crippen LogP contribution in [0.3, 0.4) is 0 Å². The fourth-order valence-corrected chi connectivity index (χ4v) is 2.62. The van der Waals surface area contributed by atoms with Gasteiger partial charge in [-0.15, -0.1) is 0 Å². The zero-order valence-corrected chi connectivity index (χ0v) is 12.3. The molecule has 2 aromatic carbocycles. The quantitative estimate of drug-likeness (QED) is 0.929. The number of halogens is 2. The molecule has 110 valence electrons. The van der Waals surface area contributed by atoms with Crippen LogP contribution in [0.1, 0.15) is 5.56 Å². The molecule has 2 aromatic rings. The first-order valence-electron chi connectivity index (χ1n) is 6.68. The molecule has 0 saturated heterocycles. The highest BCUT2D eigenvalue weighted by Crippen LogP contribution is 2.31. The SMILES string of the molecule is COc1ccc(Cl)cc1NCC1Cc2cc(F)ccc2O1. The number of nitrogens with one attached hydrogen (secondary N) is 1. The van der Waals surface area contributed by atoms with Crippen LogP contribution in [-0.2, 0) is 6.42 Å². The molecule has 0 radical (unpaired) electrons. The average Bonchev–Trinajstić information content (AvgIpc) is 2.87. The zero-order chi connectivity index (χ0) is 14.8. The summed E-state index contributed by atoms with van der Waals surface area (Å²) in [5, 5.41) is 3.90. The van der Waals surface area contributed by atoms with Gasteiger partial charge >= 0.3 is 0 Å². The summed E-state index contributed by atoms with van der Waals surface area (Å²) in [7, 11) is 1.61. The molecule has 0 spiro atoms. The molecule has 21 heavy (non-hydrogen) atoms. The van der Waals surface area contributed by atoms with Gasteiger partial charge in [0.15, 0.2) is 0 Å². The number of ether oxygens (including phenoxy) is 2. The smallest absolute Gasteiger partial charge is 0.142 e. The van der Waals surface area contributed by atoms with E-state index in [2.05, 4.69) is 5.32 Å². The molecular weight excluding hydrogens is 293 g/mol. The Hall–Kier alpha value is -1.94. The molecule has 3 nitrogen and oxygen atoms in total. The van der Waals surface area contributed by atoms with Gasteiger partial charge in [0.25, 0.3) is 0 Å². The van der Waals surface area contributed by atoms with E-state index in [9.17, 15) is 4.39 Å². The number of fused-ring (bicyclic) bond motifs is 1. The van der Waals surface area contributed by atoms with Crippen molar-refractivity contribution in [3.63, 3.8) is 0 Å². The molecule has 0 fully saturated rings. The van der Waals surface area contributed by atoms with Crippen LogP contribution in [0.25, 0.3) is 0 Å². The summed E-state index contributed by atoms with van der Waals surface area (Å²) < 4.78 is 24.2. The highest BCUT2D eigenvalue weighted by atomic mass is 35.5. The van der Waals surface area contributed by atoms with E-state index < -0.39 is 0 Å². The van der Waals surface area contributed by atoms with Gasteiger partial charge in [0.2, 0.25) is 0 Å². The van der Waals surface area contributed by atoms with E-state index in [0.29, 0.717) is 18.0 Å². The van der Waals surface area contributed by atoms with Crippen LogP contribution in [-0.4, -0.2) is 19.8 Å². The van der Waals surface area contributed by atoms with Crippen molar-refractivity contribution in [1.82, 2.24) is 0 Å². The Morgan fingerprint density at radius 2 is 2.19 bits per heavy atom. The second kappa shape index (κ2) is 5.82. The zero-order valence-electron chi connectivity index (χ0n) is 11.5. The molecule has 3 rings (SSSR count). The Bertz CT molecular complexity index is 663. The monoisotopic (exact) mass is 307 g/mol. The van der Waals surface area contributed by atoms with Crippen LogP contribution in [0.4, 0.5) is 10.1 Å². The maximum Gasteiger partial charge on any atom is 0.142 e. The van der Waals surface area contributed by atoms with Gasteiger partial charge in [-0.05, 0) is 36.4 Å². The lowest BCUT2D eigenvalue weighted by molar-refractivity contribution is 0.246. The molecule has 1 N–H and O–H groups in total. The Morgan fingerprint density at radius 3 is 3.00 bits per heavy atom. The fourth-order valence-electron chi connectivity index (χ4n) is 2.44. The molecule has 0 amide bonds.